The second-order valence-electron chi connectivity index (χ2n) is 5.52. The van der Waals surface area contributed by atoms with Crippen LogP contribution in [0.25, 0.3) is 0 Å². The van der Waals surface area contributed by atoms with Crippen molar-refractivity contribution in [3.63, 3.8) is 0 Å². The molecule has 0 unspecified atom stereocenters. The molecule has 2 heterocycles. The molecule has 0 spiro atoms. The highest BCUT2D eigenvalue weighted by Gasteiger charge is 2.25. The SMILES string of the molecule is CNC(=O)C1CCN(c2cc(=O)[nH]c(C(C)C)n2)CC1. The van der Waals surface area contributed by atoms with Crippen molar-refractivity contribution in [1.82, 2.24) is 15.3 Å². The molecule has 1 amide bonds. The van der Waals surface area contributed by atoms with Crippen molar-refractivity contribution in [3.8, 4) is 0 Å². The van der Waals surface area contributed by atoms with E-state index in [9.17, 15) is 9.59 Å². The van der Waals surface area contributed by atoms with Gasteiger partial charge in [-0.15, -0.1) is 0 Å². The minimum absolute atomic E-state index is 0.0721. The van der Waals surface area contributed by atoms with Crippen molar-refractivity contribution >= 4 is 11.7 Å². The van der Waals surface area contributed by atoms with Crippen molar-refractivity contribution in [2.24, 2.45) is 5.92 Å². The Kier molecular flexibility index (Phi) is 4.42. The summed E-state index contributed by atoms with van der Waals surface area (Å²) in [5.74, 6) is 1.79. The molecule has 6 heteroatoms. The van der Waals surface area contributed by atoms with Gasteiger partial charge in [-0.05, 0) is 12.8 Å². The number of carbonyl (C=O) groups excluding carboxylic acids is 1. The third-order valence-corrected chi connectivity index (χ3v) is 3.73. The first-order valence-corrected chi connectivity index (χ1v) is 7.09. The lowest BCUT2D eigenvalue weighted by molar-refractivity contribution is -0.125. The summed E-state index contributed by atoms with van der Waals surface area (Å²) < 4.78 is 0. The maximum absolute atomic E-state index is 11.7. The molecule has 2 N–H and O–H groups in total. The number of nitrogens with one attached hydrogen (secondary N) is 2. The third kappa shape index (κ3) is 3.18. The van der Waals surface area contributed by atoms with Crippen LogP contribution in [0.5, 0.6) is 0 Å². The molecule has 110 valence electrons. The van der Waals surface area contributed by atoms with Crippen molar-refractivity contribution < 1.29 is 4.79 Å². The van der Waals surface area contributed by atoms with E-state index < -0.39 is 0 Å². The van der Waals surface area contributed by atoms with Crippen molar-refractivity contribution in [1.29, 1.82) is 0 Å². The number of nitrogens with zero attached hydrogens (tertiary/aromatic N) is 2. The summed E-state index contributed by atoms with van der Waals surface area (Å²) in [6.45, 7) is 5.51. The number of aromatic nitrogens is 2. The number of anilines is 1. The second-order valence-corrected chi connectivity index (χ2v) is 5.52. The monoisotopic (exact) mass is 278 g/mol. The minimum Gasteiger partial charge on any atom is -0.359 e. The predicted molar refractivity (Wildman–Crippen MR) is 78.0 cm³/mol. The highest BCUT2D eigenvalue weighted by atomic mass is 16.1. The first-order chi connectivity index (χ1) is 9.51. The van der Waals surface area contributed by atoms with Crippen molar-refractivity contribution in [2.75, 3.05) is 25.0 Å². The number of piperidine rings is 1. The molecule has 0 atom stereocenters. The van der Waals surface area contributed by atoms with Crippen LogP contribution in [0.4, 0.5) is 5.82 Å². The van der Waals surface area contributed by atoms with E-state index in [2.05, 4.69) is 20.2 Å². The lowest BCUT2D eigenvalue weighted by Gasteiger charge is -2.32. The van der Waals surface area contributed by atoms with Gasteiger partial charge in [-0.1, -0.05) is 13.8 Å². The van der Waals surface area contributed by atoms with Gasteiger partial charge in [-0.25, -0.2) is 4.98 Å². The van der Waals surface area contributed by atoms with Gasteiger partial charge < -0.3 is 15.2 Å². The summed E-state index contributed by atoms with van der Waals surface area (Å²) in [5.41, 5.74) is -0.118. The van der Waals surface area contributed by atoms with Crippen LogP contribution in [-0.2, 0) is 4.79 Å². The Hall–Kier alpha value is -1.85. The molecule has 20 heavy (non-hydrogen) atoms. The average molecular weight is 278 g/mol. The molecule has 0 saturated carbocycles. The van der Waals surface area contributed by atoms with Crippen LogP contribution in [-0.4, -0.2) is 36.0 Å². The van der Waals surface area contributed by atoms with E-state index in [-0.39, 0.29) is 23.3 Å². The Labute approximate surface area is 118 Å². The number of amides is 1. The van der Waals surface area contributed by atoms with Gasteiger partial charge >= 0.3 is 0 Å². The van der Waals surface area contributed by atoms with Crippen LogP contribution in [0.3, 0.4) is 0 Å². The van der Waals surface area contributed by atoms with Gasteiger partial charge in [0, 0.05) is 38.0 Å². The zero-order valence-electron chi connectivity index (χ0n) is 12.3. The molecule has 0 aliphatic carbocycles. The van der Waals surface area contributed by atoms with Crippen LogP contribution in [0.2, 0.25) is 0 Å². The number of carbonyl (C=O) groups is 1. The molecule has 1 aromatic heterocycles. The van der Waals surface area contributed by atoms with E-state index in [1.54, 1.807) is 7.05 Å². The highest BCUT2D eigenvalue weighted by molar-refractivity contribution is 5.78. The predicted octanol–water partition coefficient (Wildman–Crippen LogP) is 0.856. The fraction of sp³-hybridized carbons (Fsp3) is 0.643. The molecule has 1 fully saturated rings. The van der Waals surface area contributed by atoms with Crippen LogP contribution in [0.15, 0.2) is 10.9 Å². The van der Waals surface area contributed by atoms with Crippen LogP contribution in [0.1, 0.15) is 38.4 Å². The third-order valence-electron chi connectivity index (χ3n) is 3.73. The summed E-state index contributed by atoms with van der Waals surface area (Å²) in [6, 6.07) is 1.53. The Balaban J connectivity index is 2.11. The molecule has 6 nitrogen and oxygen atoms in total. The van der Waals surface area contributed by atoms with E-state index in [1.807, 2.05) is 13.8 Å². The topological polar surface area (TPSA) is 78.1 Å². The molecule has 1 aliphatic heterocycles. The van der Waals surface area contributed by atoms with E-state index in [1.165, 1.54) is 6.07 Å². The molecule has 1 saturated heterocycles. The number of hydrogen-bond acceptors (Lipinski definition) is 4. The summed E-state index contributed by atoms with van der Waals surface area (Å²) >= 11 is 0. The minimum atomic E-state index is -0.118. The maximum Gasteiger partial charge on any atom is 0.252 e. The Morgan fingerprint density at radius 3 is 2.65 bits per heavy atom. The smallest absolute Gasteiger partial charge is 0.252 e. The van der Waals surface area contributed by atoms with Crippen molar-refractivity contribution in [2.45, 2.75) is 32.6 Å². The lowest BCUT2D eigenvalue weighted by Crippen LogP contribution is -2.40. The zero-order chi connectivity index (χ0) is 14.7. The molecule has 2 rings (SSSR count). The highest BCUT2D eigenvalue weighted by Crippen LogP contribution is 2.22. The first kappa shape index (κ1) is 14.6. The van der Waals surface area contributed by atoms with Gasteiger partial charge in [0.25, 0.3) is 5.56 Å². The normalized spacial score (nSPS) is 16.5. The molecular weight excluding hydrogens is 256 g/mol. The second kappa shape index (κ2) is 6.07. The van der Waals surface area contributed by atoms with E-state index in [0.29, 0.717) is 11.6 Å². The number of aromatic amines is 1. The van der Waals surface area contributed by atoms with Crippen molar-refractivity contribution in [3.05, 3.63) is 22.2 Å². The quantitative estimate of drug-likeness (QED) is 0.859. The molecule has 0 radical (unpaired) electrons. The van der Waals surface area contributed by atoms with Crippen LogP contribution < -0.4 is 15.8 Å². The Bertz CT molecular complexity index is 530. The number of hydrogen-bond donors (Lipinski definition) is 2. The first-order valence-electron chi connectivity index (χ1n) is 7.09. The Morgan fingerprint density at radius 1 is 1.45 bits per heavy atom. The van der Waals surface area contributed by atoms with E-state index >= 15 is 0 Å². The van der Waals surface area contributed by atoms with Gasteiger partial charge in [0.05, 0.1) is 0 Å². The van der Waals surface area contributed by atoms with Crippen LogP contribution in [0, 0.1) is 5.92 Å². The Morgan fingerprint density at radius 2 is 2.10 bits per heavy atom. The summed E-state index contributed by atoms with van der Waals surface area (Å²) in [6.07, 6.45) is 1.59. The summed E-state index contributed by atoms with van der Waals surface area (Å²) in [5, 5.41) is 2.69. The molecule has 1 aliphatic rings. The van der Waals surface area contributed by atoms with Gasteiger partial charge in [0.15, 0.2) is 0 Å². The summed E-state index contributed by atoms with van der Waals surface area (Å²) in [7, 11) is 1.67. The van der Waals surface area contributed by atoms with Gasteiger partial charge in [0.1, 0.15) is 11.6 Å². The van der Waals surface area contributed by atoms with E-state index in [0.717, 1.165) is 25.9 Å². The van der Waals surface area contributed by atoms with Gasteiger partial charge in [-0.3, -0.25) is 9.59 Å². The van der Waals surface area contributed by atoms with E-state index in [4.69, 9.17) is 0 Å². The van der Waals surface area contributed by atoms with Crippen LogP contribution >= 0.6 is 0 Å². The maximum atomic E-state index is 11.7. The largest absolute Gasteiger partial charge is 0.359 e. The fourth-order valence-electron chi connectivity index (χ4n) is 2.47. The lowest BCUT2D eigenvalue weighted by atomic mass is 9.96. The molecule has 0 bridgehead atoms. The van der Waals surface area contributed by atoms with Gasteiger partial charge in [0.2, 0.25) is 5.91 Å². The molecule has 1 aromatic rings. The number of rotatable bonds is 3. The standard InChI is InChI=1S/C14H22N4O2/c1-9(2)13-16-11(8-12(19)17-13)18-6-4-10(5-7-18)14(20)15-3/h8-10H,4-7H2,1-3H3,(H,15,20)(H,16,17,19). The van der Waals surface area contributed by atoms with Gasteiger partial charge in [-0.2, -0.15) is 0 Å². The molecule has 0 aromatic carbocycles. The summed E-state index contributed by atoms with van der Waals surface area (Å²) in [4.78, 5) is 32.7. The zero-order valence-corrected chi connectivity index (χ0v) is 12.3. The fourth-order valence-corrected chi connectivity index (χ4v) is 2.47. The average Bonchev–Trinajstić information content (AvgIpc) is 2.46. The number of H-pyrrole nitrogens is 1. The molecular formula is C14H22N4O2.